The molecule has 1 heterocycles. The number of hydrogen-bond acceptors (Lipinski definition) is 7. The molecule has 0 fully saturated rings. The average Bonchev–Trinajstić information content (AvgIpc) is 2.85. The van der Waals surface area contributed by atoms with Crippen molar-refractivity contribution in [2.75, 3.05) is 0 Å². The van der Waals surface area contributed by atoms with Gasteiger partial charge in [-0.2, -0.15) is 0 Å². The van der Waals surface area contributed by atoms with Gasteiger partial charge in [0, 0.05) is 24.3 Å². The maximum absolute atomic E-state index is 12.8. The first-order valence-corrected chi connectivity index (χ1v) is 10.4. The molecule has 0 aliphatic heterocycles. The topological polar surface area (TPSA) is 109 Å². The fourth-order valence-corrected chi connectivity index (χ4v) is 3.30. The number of ether oxygens (including phenoxy) is 2. The first-order chi connectivity index (χ1) is 16.4. The number of nitro benzene ring substituents is 1. The minimum absolute atomic E-state index is 0.0537. The number of hydrogen-bond donors (Lipinski definition) is 0. The number of esters is 1. The number of rotatable bonds is 7. The van der Waals surface area contributed by atoms with E-state index in [9.17, 15) is 19.7 Å². The predicted octanol–water partition coefficient (Wildman–Crippen LogP) is 5.67. The minimum atomic E-state index is -0.690. The molecule has 34 heavy (non-hydrogen) atoms. The van der Waals surface area contributed by atoms with Crippen LogP contribution < -0.4 is 14.9 Å². The van der Waals surface area contributed by atoms with Gasteiger partial charge in [-0.05, 0) is 41.8 Å². The lowest BCUT2D eigenvalue weighted by Gasteiger charge is -2.09. The number of benzene rings is 3. The summed E-state index contributed by atoms with van der Waals surface area (Å²) < 4.78 is 16.6. The van der Waals surface area contributed by atoms with Crippen molar-refractivity contribution in [3.63, 3.8) is 0 Å². The Bertz CT molecular complexity index is 1470. The van der Waals surface area contributed by atoms with Crippen molar-refractivity contribution < 1.29 is 23.6 Å². The smallest absolute Gasteiger partial charge is 0.336 e. The molecule has 8 nitrogen and oxygen atoms in total. The van der Waals surface area contributed by atoms with Gasteiger partial charge in [-0.3, -0.25) is 14.9 Å². The van der Waals surface area contributed by atoms with Crippen molar-refractivity contribution in [1.82, 2.24) is 0 Å². The number of carbonyl (C=O) groups excluding carboxylic acids is 1. The van der Waals surface area contributed by atoms with E-state index in [-0.39, 0.29) is 33.6 Å². The van der Waals surface area contributed by atoms with Crippen molar-refractivity contribution in [2.45, 2.75) is 13.3 Å². The van der Waals surface area contributed by atoms with Crippen LogP contribution in [0.3, 0.4) is 0 Å². The Labute approximate surface area is 193 Å². The highest BCUT2D eigenvalue weighted by atomic mass is 16.6. The zero-order valence-electron chi connectivity index (χ0n) is 18.1. The van der Waals surface area contributed by atoms with E-state index in [2.05, 4.69) is 0 Å². The molecular weight excluding hydrogens is 438 g/mol. The molecule has 0 N–H and O–H groups in total. The number of nitrogens with zero attached hydrogens (tertiary/aromatic N) is 1. The summed E-state index contributed by atoms with van der Waals surface area (Å²) in [6.45, 7) is 1.99. The van der Waals surface area contributed by atoms with Crippen molar-refractivity contribution in [1.29, 1.82) is 0 Å². The number of nitro groups is 1. The van der Waals surface area contributed by atoms with Gasteiger partial charge in [0.05, 0.1) is 10.3 Å². The van der Waals surface area contributed by atoms with Crippen LogP contribution in [-0.4, -0.2) is 10.9 Å². The van der Waals surface area contributed by atoms with Crippen LogP contribution >= 0.6 is 0 Å². The van der Waals surface area contributed by atoms with Gasteiger partial charge in [-0.25, -0.2) is 4.79 Å². The maximum Gasteiger partial charge on any atom is 0.336 e. The van der Waals surface area contributed by atoms with E-state index in [0.29, 0.717) is 11.3 Å². The molecule has 0 aliphatic carbocycles. The van der Waals surface area contributed by atoms with Crippen LogP contribution in [0.2, 0.25) is 0 Å². The molecule has 0 saturated carbocycles. The molecule has 0 unspecified atom stereocenters. The number of fused-ring (bicyclic) bond motifs is 1. The third-order valence-electron chi connectivity index (χ3n) is 5.00. The van der Waals surface area contributed by atoms with Gasteiger partial charge in [-0.15, -0.1) is 0 Å². The predicted molar refractivity (Wildman–Crippen MR) is 126 cm³/mol. The van der Waals surface area contributed by atoms with Crippen molar-refractivity contribution in [3.05, 3.63) is 111 Å². The van der Waals surface area contributed by atoms with Gasteiger partial charge < -0.3 is 13.9 Å². The minimum Gasteiger partial charge on any atom is -0.460 e. The van der Waals surface area contributed by atoms with Crippen molar-refractivity contribution in [3.8, 4) is 17.2 Å². The van der Waals surface area contributed by atoms with Gasteiger partial charge in [0.1, 0.15) is 23.3 Å². The molecule has 170 valence electrons. The number of para-hydroxylation sites is 1. The van der Waals surface area contributed by atoms with Crippen LogP contribution in [0.4, 0.5) is 5.69 Å². The second-order valence-electron chi connectivity index (χ2n) is 7.26. The Morgan fingerprint density at radius 2 is 1.88 bits per heavy atom. The number of aryl methyl sites for hydroxylation is 1. The van der Waals surface area contributed by atoms with E-state index in [0.717, 1.165) is 18.1 Å². The van der Waals surface area contributed by atoms with Crippen LogP contribution in [0.1, 0.15) is 18.1 Å². The summed E-state index contributed by atoms with van der Waals surface area (Å²) in [5.74, 6) is 0.120. The van der Waals surface area contributed by atoms with E-state index in [1.165, 1.54) is 48.7 Å². The van der Waals surface area contributed by atoms with Crippen LogP contribution in [0, 0.1) is 10.1 Å². The summed E-state index contributed by atoms with van der Waals surface area (Å²) in [7, 11) is 0. The molecule has 1 aromatic heterocycles. The molecule has 0 spiro atoms. The van der Waals surface area contributed by atoms with Crippen LogP contribution in [0.15, 0.2) is 88.3 Å². The lowest BCUT2D eigenvalue weighted by Crippen LogP contribution is -2.07. The molecule has 0 amide bonds. The van der Waals surface area contributed by atoms with E-state index in [1.54, 1.807) is 12.1 Å². The van der Waals surface area contributed by atoms with E-state index in [4.69, 9.17) is 13.9 Å². The number of carbonyl (C=O) groups is 1. The van der Waals surface area contributed by atoms with Gasteiger partial charge in [-0.1, -0.05) is 37.3 Å². The lowest BCUT2D eigenvalue weighted by atomic mass is 10.1. The first-order valence-electron chi connectivity index (χ1n) is 10.4. The summed E-state index contributed by atoms with van der Waals surface area (Å²) >= 11 is 0. The molecule has 0 atom stereocenters. The quantitative estimate of drug-likeness (QED) is 0.116. The van der Waals surface area contributed by atoms with Crippen LogP contribution in [-0.2, 0) is 11.2 Å². The van der Waals surface area contributed by atoms with Gasteiger partial charge >= 0.3 is 5.97 Å². The van der Waals surface area contributed by atoms with Crippen molar-refractivity contribution in [2.24, 2.45) is 0 Å². The van der Waals surface area contributed by atoms with E-state index < -0.39 is 10.9 Å². The van der Waals surface area contributed by atoms with Gasteiger partial charge in [0.25, 0.3) is 5.69 Å². The third-order valence-corrected chi connectivity index (χ3v) is 5.00. The summed E-state index contributed by atoms with van der Waals surface area (Å²) in [6, 6.07) is 17.7. The zero-order chi connectivity index (χ0) is 24.1. The molecule has 0 saturated heterocycles. The maximum atomic E-state index is 12.8. The molecule has 0 radical (unpaired) electrons. The highest BCUT2D eigenvalue weighted by molar-refractivity contribution is 5.89. The Morgan fingerprint density at radius 1 is 1.06 bits per heavy atom. The van der Waals surface area contributed by atoms with Gasteiger partial charge in [0.15, 0.2) is 0 Å². The van der Waals surface area contributed by atoms with Gasteiger partial charge in [0.2, 0.25) is 11.2 Å². The lowest BCUT2D eigenvalue weighted by molar-refractivity contribution is -0.384. The number of non-ortho nitro benzene ring substituents is 1. The summed E-state index contributed by atoms with van der Waals surface area (Å²) in [5, 5.41) is 11.1. The van der Waals surface area contributed by atoms with E-state index in [1.807, 2.05) is 25.1 Å². The molecule has 3 aromatic carbocycles. The molecular formula is C26H19NO7. The zero-order valence-corrected chi connectivity index (χ0v) is 18.1. The molecule has 0 bridgehead atoms. The van der Waals surface area contributed by atoms with E-state index >= 15 is 0 Å². The largest absolute Gasteiger partial charge is 0.460 e. The SMILES string of the molecule is CCc1ccccc1Oc1coc2cc(OC(=O)/C=C/c3cccc([N+](=O)[O-])c3)ccc2c1=O. The first kappa shape index (κ1) is 22.5. The highest BCUT2D eigenvalue weighted by Crippen LogP contribution is 2.26. The second kappa shape index (κ2) is 9.83. The Balaban J connectivity index is 1.51. The van der Waals surface area contributed by atoms with Crippen LogP contribution in [0.5, 0.6) is 17.2 Å². The summed E-state index contributed by atoms with van der Waals surface area (Å²) in [6.07, 6.45) is 4.54. The normalized spacial score (nSPS) is 11.0. The average molecular weight is 457 g/mol. The standard InChI is InChI=1S/C26H19NO7/c1-2-18-7-3-4-9-22(18)34-24-16-32-23-15-20(11-12-21(23)26(24)29)33-25(28)13-10-17-6-5-8-19(14-17)27(30)31/h3-16H,2H2,1H3/b13-10+. The Kier molecular flexibility index (Phi) is 6.49. The Morgan fingerprint density at radius 3 is 2.68 bits per heavy atom. The highest BCUT2D eigenvalue weighted by Gasteiger charge is 2.13. The molecule has 4 aromatic rings. The fraction of sp³-hybridized carbons (Fsp3) is 0.0769. The fourth-order valence-electron chi connectivity index (χ4n) is 3.30. The molecule has 0 aliphatic rings. The monoisotopic (exact) mass is 457 g/mol. The Hall–Kier alpha value is -4.72. The molecule has 8 heteroatoms. The second-order valence-corrected chi connectivity index (χ2v) is 7.26. The molecule has 4 rings (SSSR count). The summed E-state index contributed by atoms with van der Waals surface area (Å²) in [5.41, 5.74) is 1.24. The third kappa shape index (κ3) is 5.02. The van der Waals surface area contributed by atoms with Crippen LogP contribution in [0.25, 0.3) is 17.0 Å². The van der Waals surface area contributed by atoms with Crippen molar-refractivity contribution >= 4 is 28.7 Å². The summed E-state index contributed by atoms with van der Waals surface area (Å²) in [4.78, 5) is 35.4.